The lowest BCUT2D eigenvalue weighted by Gasteiger charge is -2.17. The Hall–Kier alpha value is -1.88. The second-order valence-electron chi connectivity index (χ2n) is 4.31. The molecule has 1 aromatic carbocycles. The highest BCUT2D eigenvalue weighted by Gasteiger charge is 2.13. The molecule has 0 aliphatic heterocycles. The van der Waals surface area contributed by atoms with Crippen LogP contribution in [0, 0.1) is 5.82 Å². The van der Waals surface area contributed by atoms with Gasteiger partial charge >= 0.3 is 0 Å². The van der Waals surface area contributed by atoms with E-state index in [1.165, 1.54) is 0 Å². The van der Waals surface area contributed by atoms with Gasteiger partial charge in [0.1, 0.15) is 0 Å². The van der Waals surface area contributed by atoms with Crippen LogP contribution in [0.5, 0.6) is 0 Å². The van der Waals surface area contributed by atoms with Crippen molar-refractivity contribution in [2.45, 2.75) is 19.9 Å². The Labute approximate surface area is 122 Å². The third-order valence-corrected chi connectivity index (χ3v) is 3.15. The van der Waals surface area contributed by atoms with Gasteiger partial charge in [-0.15, -0.1) is 0 Å². The standard InChI is InChI=1S/C14H16ClFN4/c1-3-17-14-18-8-12(16)13(20-14)19-9(2)10-6-4-5-7-11(10)15/h4-9H,3H2,1-2H3,(H2,17,18,19,20). The van der Waals surface area contributed by atoms with E-state index in [2.05, 4.69) is 20.6 Å². The minimum Gasteiger partial charge on any atom is -0.361 e. The second kappa shape index (κ2) is 6.52. The van der Waals surface area contributed by atoms with Gasteiger partial charge in [0, 0.05) is 11.6 Å². The molecule has 20 heavy (non-hydrogen) atoms. The summed E-state index contributed by atoms with van der Waals surface area (Å²) >= 11 is 6.13. The Kier molecular flexibility index (Phi) is 4.74. The van der Waals surface area contributed by atoms with E-state index < -0.39 is 5.82 Å². The number of hydrogen-bond donors (Lipinski definition) is 2. The summed E-state index contributed by atoms with van der Waals surface area (Å²) in [6.07, 6.45) is 1.15. The second-order valence-corrected chi connectivity index (χ2v) is 4.72. The van der Waals surface area contributed by atoms with Crippen LogP contribution in [0.3, 0.4) is 0 Å². The van der Waals surface area contributed by atoms with Crippen molar-refractivity contribution in [3.05, 3.63) is 46.9 Å². The fourth-order valence-electron chi connectivity index (χ4n) is 1.82. The van der Waals surface area contributed by atoms with Crippen LogP contribution in [0.2, 0.25) is 5.02 Å². The first-order valence-corrected chi connectivity index (χ1v) is 6.77. The summed E-state index contributed by atoms with van der Waals surface area (Å²) in [5, 5.41) is 6.59. The zero-order chi connectivity index (χ0) is 14.5. The highest BCUT2D eigenvalue weighted by atomic mass is 35.5. The molecule has 0 aliphatic rings. The first-order valence-electron chi connectivity index (χ1n) is 6.39. The van der Waals surface area contributed by atoms with Crippen LogP contribution in [-0.2, 0) is 0 Å². The van der Waals surface area contributed by atoms with Crippen LogP contribution in [-0.4, -0.2) is 16.5 Å². The van der Waals surface area contributed by atoms with E-state index in [1.807, 2.05) is 32.0 Å². The number of benzene rings is 1. The maximum atomic E-state index is 13.7. The molecule has 6 heteroatoms. The summed E-state index contributed by atoms with van der Waals surface area (Å²) in [6.45, 7) is 4.49. The minimum absolute atomic E-state index is 0.156. The van der Waals surface area contributed by atoms with Gasteiger partial charge in [-0.3, -0.25) is 0 Å². The van der Waals surface area contributed by atoms with E-state index in [1.54, 1.807) is 6.07 Å². The van der Waals surface area contributed by atoms with Crippen molar-refractivity contribution in [1.82, 2.24) is 9.97 Å². The number of hydrogen-bond acceptors (Lipinski definition) is 4. The smallest absolute Gasteiger partial charge is 0.224 e. The third kappa shape index (κ3) is 3.36. The predicted octanol–water partition coefficient (Wildman–Crippen LogP) is 3.87. The quantitative estimate of drug-likeness (QED) is 0.879. The van der Waals surface area contributed by atoms with Crippen molar-refractivity contribution in [2.75, 3.05) is 17.2 Å². The van der Waals surface area contributed by atoms with Crippen LogP contribution in [0.25, 0.3) is 0 Å². The van der Waals surface area contributed by atoms with Gasteiger partial charge in [0.05, 0.1) is 12.2 Å². The summed E-state index contributed by atoms with van der Waals surface area (Å²) in [4.78, 5) is 7.97. The normalized spacial score (nSPS) is 12.0. The molecule has 0 aliphatic carbocycles. The van der Waals surface area contributed by atoms with Gasteiger partial charge in [-0.2, -0.15) is 4.98 Å². The van der Waals surface area contributed by atoms with Gasteiger partial charge in [-0.25, -0.2) is 9.37 Å². The van der Waals surface area contributed by atoms with Crippen LogP contribution < -0.4 is 10.6 Å². The lowest BCUT2D eigenvalue weighted by molar-refractivity contribution is 0.614. The molecule has 2 rings (SSSR count). The number of aromatic nitrogens is 2. The molecule has 4 nitrogen and oxygen atoms in total. The monoisotopic (exact) mass is 294 g/mol. The van der Waals surface area contributed by atoms with E-state index in [0.29, 0.717) is 17.5 Å². The molecule has 0 fully saturated rings. The molecule has 0 saturated heterocycles. The number of rotatable bonds is 5. The molecule has 0 saturated carbocycles. The zero-order valence-corrected chi connectivity index (χ0v) is 12.1. The molecule has 2 aromatic rings. The van der Waals surface area contributed by atoms with Gasteiger partial charge < -0.3 is 10.6 Å². The average Bonchev–Trinajstić information content (AvgIpc) is 2.43. The van der Waals surface area contributed by atoms with Crippen molar-refractivity contribution in [1.29, 1.82) is 0 Å². The van der Waals surface area contributed by atoms with Crippen LogP contribution in [0.15, 0.2) is 30.5 Å². The fraction of sp³-hybridized carbons (Fsp3) is 0.286. The van der Waals surface area contributed by atoms with Gasteiger partial charge in [-0.1, -0.05) is 29.8 Å². The summed E-state index contributed by atoms with van der Waals surface area (Å²) < 4.78 is 13.7. The highest BCUT2D eigenvalue weighted by molar-refractivity contribution is 6.31. The van der Waals surface area contributed by atoms with Crippen molar-refractivity contribution < 1.29 is 4.39 Å². The highest BCUT2D eigenvalue weighted by Crippen LogP contribution is 2.26. The molecule has 1 unspecified atom stereocenters. The molecule has 0 bridgehead atoms. The molecular weight excluding hydrogens is 279 g/mol. The zero-order valence-electron chi connectivity index (χ0n) is 11.3. The van der Waals surface area contributed by atoms with E-state index in [0.717, 1.165) is 11.8 Å². The van der Waals surface area contributed by atoms with Crippen LogP contribution >= 0.6 is 11.6 Å². The summed E-state index contributed by atoms with van der Waals surface area (Å²) in [7, 11) is 0. The molecule has 0 amide bonds. The first kappa shape index (κ1) is 14.5. The lowest BCUT2D eigenvalue weighted by atomic mass is 10.1. The largest absolute Gasteiger partial charge is 0.361 e. The number of nitrogens with one attached hydrogen (secondary N) is 2. The van der Waals surface area contributed by atoms with Crippen molar-refractivity contribution in [2.24, 2.45) is 0 Å². The number of anilines is 2. The SMILES string of the molecule is CCNc1ncc(F)c(NC(C)c2ccccc2Cl)n1. The van der Waals surface area contributed by atoms with E-state index in [-0.39, 0.29) is 11.9 Å². The Morgan fingerprint density at radius 3 is 2.80 bits per heavy atom. The summed E-state index contributed by atoms with van der Waals surface area (Å²) in [6, 6.07) is 7.27. The molecule has 1 atom stereocenters. The summed E-state index contributed by atoms with van der Waals surface area (Å²) in [5.41, 5.74) is 0.886. The summed E-state index contributed by atoms with van der Waals surface area (Å²) in [5.74, 6) is 0.0525. The minimum atomic E-state index is -0.495. The fourth-order valence-corrected chi connectivity index (χ4v) is 2.12. The Balaban J connectivity index is 2.21. The van der Waals surface area contributed by atoms with Crippen molar-refractivity contribution in [3.63, 3.8) is 0 Å². The average molecular weight is 295 g/mol. The number of halogens is 2. The van der Waals surface area contributed by atoms with Crippen LogP contribution in [0.1, 0.15) is 25.5 Å². The molecule has 106 valence electrons. The van der Waals surface area contributed by atoms with E-state index in [4.69, 9.17) is 11.6 Å². The van der Waals surface area contributed by atoms with Gasteiger partial charge in [0.2, 0.25) is 5.95 Å². The maximum absolute atomic E-state index is 13.7. The molecule has 0 spiro atoms. The predicted molar refractivity (Wildman–Crippen MR) is 79.6 cm³/mol. The first-order chi connectivity index (χ1) is 9.61. The molecule has 0 radical (unpaired) electrons. The third-order valence-electron chi connectivity index (χ3n) is 2.80. The van der Waals surface area contributed by atoms with E-state index >= 15 is 0 Å². The van der Waals surface area contributed by atoms with Gasteiger partial charge in [0.25, 0.3) is 0 Å². The molecule has 1 heterocycles. The van der Waals surface area contributed by atoms with Gasteiger partial charge in [-0.05, 0) is 25.5 Å². The van der Waals surface area contributed by atoms with Gasteiger partial charge in [0.15, 0.2) is 11.6 Å². The maximum Gasteiger partial charge on any atom is 0.224 e. The molecule has 1 aromatic heterocycles. The Morgan fingerprint density at radius 2 is 2.10 bits per heavy atom. The topological polar surface area (TPSA) is 49.8 Å². The van der Waals surface area contributed by atoms with Crippen molar-refractivity contribution in [3.8, 4) is 0 Å². The molecule has 2 N–H and O–H groups in total. The molecular formula is C14H16ClFN4. The van der Waals surface area contributed by atoms with E-state index in [9.17, 15) is 4.39 Å². The Morgan fingerprint density at radius 1 is 1.35 bits per heavy atom. The van der Waals surface area contributed by atoms with Crippen LogP contribution in [0.4, 0.5) is 16.2 Å². The van der Waals surface area contributed by atoms with Crippen molar-refractivity contribution >= 4 is 23.4 Å². The number of nitrogens with zero attached hydrogens (tertiary/aromatic N) is 2. The Bertz CT molecular complexity index is 591. The lowest BCUT2D eigenvalue weighted by Crippen LogP contribution is -2.12.